The summed E-state index contributed by atoms with van der Waals surface area (Å²) < 4.78 is 27.5. The first-order valence-electron chi connectivity index (χ1n) is 9.62. The molecule has 2 aromatic rings. The smallest absolute Gasteiger partial charge is 0.243 e. The van der Waals surface area contributed by atoms with Crippen molar-refractivity contribution in [2.45, 2.75) is 23.7 Å². The molecule has 144 valence electrons. The van der Waals surface area contributed by atoms with E-state index in [1.54, 1.807) is 22.8 Å². The number of sulfonamides is 1. The Morgan fingerprint density at radius 2 is 1.68 bits per heavy atom. The summed E-state index contributed by atoms with van der Waals surface area (Å²) in [6.07, 6.45) is 4.08. The third-order valence-electron chi connectivity index (χ3n) is 6.07. The Labute approximate surface area is 164 Å². The molecule has 1 aliphatic carbocycles. The van der Waals surface area contributed by atoms with Gasteiger partial charge in [0.2, 0.25) is 10.0 Å². The molecule has 3 aliphatic rings. The van der Waals surface area contributed by atoms with E-state index in [9.17, 15) is 8.42 Å². The van der Waals surface area contributed by atoms with E-state index in [0.29, 0.717) is 36.4 Å². The highest BCUT2D eigenvalue weighted by atomic mass is 32.2. The fourth-order valence-electron chi connectivity index (χ4n) is 4.32. The van der Waals surface area contributed by atoms with Crippen LogP contribution in [-0.2, 0) is 10.0 Å². The molecule has 8 heteroatoms. The third kappa shape index (κ3) is 3.05. The van der Waals surface area contributed by atoms with Gasteiger partial charge in [-0.05, 0) is 48.9 Å². The van der Waals surface area contributed by atoms with Gasteiger partial charge < -0.3 is 4.90 Å². The molecule has 2 unspecified atom stereocenters. The normalized spacial score (nSPS) is 24.9. The van der Waals surface area contributed by atoms with Crippen LogP contribution in [-0.4, -0.2) is 48.9 Å². The molecular weight excluding hydrogens is 374 g/mol. The van der Waals surface area contributed by atoms with Gasteiger partial charge in [-0.25, -0.2) is 18.4 Å². The van der Waals surface area contributed by atoms with Crippen LogP contribution in [0.25, 0.3) is 0 Å². The molecule has 2 saturated heterocycles. The van der Waals surface area contributed by atoms with Crippen LogP contribution in [0.2, 0.25) is 0 Å². The first kappa shape index (κ1) is 17.6. The maximum atomic E-state index is 13.0. The van der Waals surface area contributed by atoms with Crippen LogP contribution < -0.4 is 4.90 Å². The van der Waals surface area contributed by atoms with Gasteiger partial charge in [-0.1, -0.05) is 0 Å². The van der Waals surface area contributed by atoms with Crippen molar-refractivity contribution in [3.8, 4) is 6.07 Å². The van der Waals surface area contributed by atoms with Crippen LogP contribution in [0.15, 0.2) is 41.6 Å². The summed E-state index contributed by atoms with van der Waals surface area (Å²) in [7, 11) is -3.52. The topological polar surface area (TPSA) is 90.2 Å². The van der Waals surface area contributed by atoms with E-state index in [1.165, 1.54) is 25.0 Å². The number of benzene rings is 1. The minimum atomic E-state index is -3.52. The van der Waals surface area contributed by atoms with Crippen LogP contribution in [0.4, 0.5) is 5.82 Å². The molecule has 0 spiro atoms. The van der Waals surface area contributed by atoms with Gasteiger partial charge in [0.25, 0.3) is 0 Å². The van der Waals surface area contributed by atoms with E-state index in [0.717, 1.165) is 24.6 Å². The van der Waals surface area contributed by atoms with Gasteiger partial charge in [-0.3, -0.25) is 0 Å². The Balaban J connectivity index is 1.29. The molecule has 0 bridgehead atoms. The van der Waals surface area contributed by atoms with Gasteiger partial charge in [0, 0.05) is 43.9 Å². The maximum absolute atomic E-state index is 13.0. The Kier molecular flexibility index (Phi) is 4.11. The van der Waals surface area contributed by atoms with Gasteiger partial charge in [0.1, 0.15) is 12.1 Å². The van der Waals surface area contributed by atoms with Crippen LogP contribution in [0, 0.1) is 23.2 Å². The van der Waals surface area contributed by atoms with Crippen molar-refractivity contribution in [3.63, 3.8) is 0 Å². The molecular formula is C20H21N5O2S. The SMILES string of the molecule is N#Cc1ccc(S(=O)(=O)N2CC3CN(c4cc(C5CC5)ncn4)CC3C2)cc1. The summed E-state index contributed by atoms with van der Waals surface area (Å²) >= 11 is 0. The summed E-state index contributed by atoms with van der Waals surface area (Å²) in [5, 5.41) is 8.90. The Morgan fingerprint density at radius 3 is 2.29 bits per heavy atom. The second-order valence-electron chi connectivity index (χ2n) is 7.96. The van der Waals surface area contributed by atoms with Crippen LogP contribution >= 0.6 is 0 Å². The lowest BCUT2D eigenvalue weighted by atomic mass is 10.0. The van der Waals surface area contributed by atoms with E-state index in [2.05, 4.69) is 20.9 Å². The molecule has 1 aromatic carbocycles. The van der Waals surface area contributed by atoms with Crippen LogP contribution in [0.3, 0.4) is 0 Å². The average Bonchev–Trinajstić information content (AvgIpc) is 3.37. The van der Waals surface area contributed by atoms with Crippen LogP contribution in [0.5, 0.6) is 0 Å². The van der Waals surface area contributed by atoms with E-state index in [1.807, 2.05) is 6.07 Å². The quantitative estimate of drug-likeness (QED) is 0.786. The fraction of sp³-hybridized carbons (Fsp3) is 0.450. The lowest BCUT2D eigenvalue weighted by Crippen LogP contribution is -2.33. The largest absolute Gasteiger partial charge is 0.356 e. The highest BCUT2D eigenvalue weighted by Gasteiger charge is 2.44. The third-order valence-corrected chi connectivity index (χ3v) is 7.91. The molecule has 7 nitrogen and oxygen atoms in total. The van der Waals surface area contributed by atoms with Crippen LogP contribution in [0.1, 0.15) is 30.0 Å². The summed E-state index contributed by atoms with van der Waals surface area (Å²) in [5.41, 5.74) is 1.59. The molecule has 3 fully saturated rings. The van der Waals surface area contributed by atoms with Gasteiger partial charge in [0.05, 0.1) is 16.5 Å². The van der Waals surface area contributed by atoms with E-state index < -0.39 is 10.0 Å². The molecule has 2 aliphatic heterocycles. The Hall–Kier alpha value is -2.50. The monoisotopic (exact) mass is 395 g/mol. The first-order chi connectivity index (χ1) is 13.5. The molecule has 2 atom stereocenters. The molecule has 0 amide bonds. The minimum absolute atomic E-state index is 0.258. The molecule has 1 saturated carbocycles. The average molecular weight is 395 g/mol. The molecule has 3 heterocycles. The Morgan fingerprint density at radius 1 is 1.00 bits per heavy atom. The second kappa shape index (κ2) is 6.54. The van der Waals surface area contributed by atoms with Crippen molar-refractivity contribution in [3.05, 3.63) is 47.9 Å². The van der Waals surface area contributed by atoms with Crippen molar-refractivity contribution < 1.29 is 8.42 Å². The van der Waals surface area contributed by atoms with Crippen molar-refractivity contribution in [1.82, 2.24) is 14.3 Å². The van der Waals surface area contributed by atoms with Crippen molar-refractivity contribution in [2.24, 2.45) is 11.8 Å². The van der Waals surface area contributed by atoms with Crippen molar-refractivity contribution in [1.29, 1.82) is 5.26 Å². The lowest BCUT2D eigenvalue weighted by Gasteiger charge is -2.22. The van der Waals surface area contributed by atoms with Crippen molar-refractivity contribution in [2.75, 3.05) is 31.1 Å². The number of aromatic nitrogens is 2. The number of nitrogens with zero attached hydrogens (tertiary/aromatic N) is 5. The summed E-state index contributed by atoms with van der Waals surface area (Å²) in [4.78, 5) is 11.4. The predicted octanol–water partition coefficient (Wildman–Crippen LogP) is 1.98. The summed E-state index contributed by atoms with van der Waals surface area (Å²) in [5.74, 6) is 2.18. The number of rotatable bonds is 4. The van der Waals surface area contributed by atoms with Gasteiger partial charge in [-0.2, -0.15) is 9.57 Å². The standard InChI is InChI=1S/C20H21N5O2S/c21-8-14-1-5-18(6-2-14)28(26,27)25-11-16-9-24(10-17(16)12-25)20-7-19(15-3-4-15)22-13-23-20/h1-2,5-7,13,15-17H,3-4,9-12H2. The molecule has 1 aromatic heterocycles. The number of hydrogen-bond donors (Lipinski definition) is 0. The van der Waals surface area contributed by atoms with E-state index >= 15 is 0 Å². The van der Waals surface area contributed by atoms with Gasteiger partial charge in [0.15, 0.2) is 0 Å². The number of nitriles is 1. The zero-order valence-electron chi connectivity index (χ0n) is 15.4. The Bertz CT molecular complexity index is 1030. The summed E-state index contributed by atoms with van der Waals surface area (Å²) in [6, 6.07) is 10.3. The second-order valence-corrected chi connectivity index (χ2v) is 9.90. The number of hydrogen-bond acceptors (Lipinski definition) is 6. The molecule has 0 radical (unpaired) electrons. The zero-order chi connectivity index (χ0) is 19.3. The molecule has 28 heavy (non-hydrogen) atoms. The molecule has 0 N–H and O–H groups in total. The maximum Gasteiger partial charge on any atom is 0.243 e. The minimum Gasteiger partial charge on any atom is -0.356 e. The van der Waals surface area contributed by atoms with Gasteiger partial charge >= 0.3 is 0 Å². The van der Waals surface area contributed by atoms with Gasteiger partial charge in [-0.15, -0.1) is 0 Å². The number of fused-ring (bicyclic) bond motifs is 1. The van der Waals surface area contributed by atoms with Crippen molar-refractivity contribution >= 4 is 15.8 Å². The van der Waals surface area contributed by atoms with E-state index in [-0.39, 0.29) is 4.90 Å². The zero-order valence-corrected chi connectivity index (χ0v) is 16.2. The predicted molar refractivity (Wildman–Crippen MR) is 103 cm³/mol. The fourth-order valence-corrected chi connectivity index (χ4v) is 5.87. The summed E-state index contributed by atoms with van der Waals surface area (Å²) in [6.45, 7) is 2.71. The van der Waals surface area contributed by atoms with E-state index in [4.69, 9.17) is 5.26 Å². The highest BCUT2D eigenvalue weighted by molar-refractivity contribution is 7.89. The lowest BCUT2D eigenvalue weighted by molar-refractivity contribution is 0.453. The highest BCUT2D eigenvalue weighted by Crippen LogP contribution is 2.40. The first-order valence-corrected chi connectivity index (χ1v) is 11.1. The number of anilines is 1. The molecule has 5 rings (SSSR count).